The molecule has 0 saturated carbocycles. The van der Waals surface area contributed by atoms with Gasteiger partial charge in [-0.05, 0) is 24.6 Å². The van der Waals surface area contributed by atoms with Gasteiger partial charge in [-0.2, -0.15) is 0 Å². The molecule has 0 unspecified atom stereocenters. The van der Waals surface area contributed by atoms with Crippen LogP contribution in [0.3, 0.4) is 0 Å². The SMILES string of the molecule is CC.CCC(=O)CCn1c(CN(C)NC)cc2ccccc21. The number of nitrogens with one attached hydrogen (secondary N) is 1. The van der Waals surface area contributed by atoms with Crippen LogP contribution in [0.15, 0.2) is 30.3 Å². The van der Waals surface area contributed by atoms with Crippen molar-refractivity contribution in [3.63, 3.8) is 0 Å². The minimum absolute atomic E-state index is 0.315. The minimum atomic E-state index is 0.315. The summed E-state index contributed by atoms with van der Waals surface area (Å²) in [6, 6.07) is 10.5. The van der Waals surface area contributed by atoms with E-state index in [-0.39, 0.29) is 0 Å². The van der Waals surface area contributed by atoms with Crippen LogP contribution >= 0.6 is 0 Å². The highest BCUT2D eigenvalue weighted by Crippen LogP contribution is 2.21. The summed E-state index contributed by atoms with van der Waals surface area (Å²) in [5, 5.41) is 3.27. The Bertz CT molecular complexity index is 589. The largest absolute Gasteiger partial charge is 0.343 e. The fourth-order valence-electron chi connectivity index (χ4n) is 2.40. The quantitative estimate of drug-likeness (QED) is 0.794. The molecular formula is C18H29N3O. The van der Waals surface area contributed by atoms with E-state index < -0.39 is 0 Å². The van der Waals surface area contributed by atoms with Crippen LogP contribution in [0, 0.1) is 0 Å². The Hall–Kier alpha value is -1.65. The Morgan fingerprint density at radius 3 is 2.59 bits per heavy atom. The van der Waals surface area contributed by atoms with Crippen molar-refractivity contribution in [2.45, 2.75) is 46.7 Å². The number of benzene rings is 1. The number of fused-ring (bicyclic) bond motifs is 1. The summed E-state index contributed by atoms with van der Waals surface area (Å²) in [6.07, 6.45) is 1.22. The lowest BCUT2D eigenvalue weighted by molar-refractivity contribution is -0.118. The molecule has 0 aliphatic carbocycles. The lowest BCUT2D eigenvalue weighted by atomic mass is 10.2. The van der Waals surface area contributed by atoms with Crippen molar-refractivity contribution in [2.24, 2.45) is 0 Å². The van der Waals surface area contributed by atoms with Gasteiger partial charge < -0.3 is 4.57 Å². The number of hydrazine groups is 1. The van der Waals surface area contributed by atoms with Gasteiger partial charge in [-0.25, -0.2) is 5.01 Å². The second-order valence-electron chi connectivity index (χ2n) is 5.07. The van der Waals surface area contributed by atoms with Crippen molar-refractivity contribution in [2.75, 3.05) is 14.1 Å². The topological polar surface area (TPSA) is 37.3 Å². The van der Waals surface area contributed by atoms with Crippen LogP contribution in [0.25, 0.3) is 10.9 Å². The van der Waals surface area contributed by atoms with Crippen LogP contribution in [0.4, 0.5) is 0 Å². The number of hydrogen-bond donors (Lipinski definition) is 1. The first kappa shape index (κ1) is 18.4. The van der Waals surface area contributed by atoms with Crippen molar-refractivity contribution in [3.05, 3.63) is 36.0 Å². The second-order valence-corrected chi connectivity index (χ2v) is 5.07. The summed E-state index contributed by atoms with van der Waals surface area (Å²) in [5.41, 5.74) is 5.55. The first-order chi connectivity index (χ1) is 10.7. The van der Waals surface area contributed by atoms with Gasteiger partial charge in [0.05, 0.1) is 6.54 Å². The predicted molar refractivity (Wildman–Crippen MR) is 93.7 cm³/mol. The van der Waals surface area contributed by atoms with E-state index in [9.17, 15) is 4.79 Å². The van der Waals surface area contributed by atoms with Crippen LogP contribution < -0.4 is 5.43 Å². The maximum Gasteiger partial charge on any atom is 0.134 e. The molecule has 2 aromatic rings. The normalized spacial score (nSPS) is 10.6. The Morgan fingerprint density at radius 1 is 1.27 bits per heavy atom. The van der Waals surface area contributed by atoms with Crippen molar-refractivity contribution >= 4 is 16.7 Å². The highest BCUT2D eigenvalue weighted by molar-refractivity contribution is 5.82. The average Bonchev–Trinajstić information content (AvgIpc) is 2.91. The minimum Gasteiger partial charge on any atom is -0.343 e. The zero-order chi connectivity index (χ0) is 16.5. The van der Waals surface area contributed by atoms with Crippen molar-refractivity contribution in [1.29, 1.82) is 0 Å². The van der Waals surface area contributed by atoms with E-state index >= 15 is 0 Å². The van der Waals surface area contributed by atoms with Crippen molar-refractivity contribution in [1.82, 2.24) is 15.0 Å². The van der Waals surface area contributed by atoms with Gasteiger partial charge in [-0.15, -0.1) is 0 Å². The molecule has 1 aromatic carbocycles. The maximum atomic E-state index is 11.6. The molecule has 0 aliphatic heterocycles. The molecule has 4 nitrogen and oxygen atoms in total. The first-order valence-corrected chi connectivity index (χ1v) is 8.13. The van der Waals surface area contributed by atoms with Crippen LogP contribution in [-0.4, -0.2) is 29.5 Å². The third kappa shape index (κ3) is 4.68. The standard InChI is InChI=1S/C16H23N3O.C2H6/c1-4-15(20)9-10-19-14(12-18(3)17-2)11-13-7-5-6-8-16(13)19;1-2/h5-8,11,17H,4,9-10,12H2,1-3H3;1-2H3. The number of aromatic nitrogens is 1. The van der Waals surface area contributed by atoms with E-state index in [1.165, 1.54) is 16.6 Å². The van der Waals surface area contributed by atoms with Gasteiger partial charge in [0.15, 0.2) is 0 Å². The number of nitrogens with zero attached hydrogens (tertiary/aromatic N) is 2. The van der Waals surface area contributed by atoms with E-state index in [0.717, 1.165) is 13.1 Å². The molecular weight excluding hydrogens is 274 g/mol. The molecule has 1 N–H and O–H groups in total. The van der Waals surface area contributed by atoms with E-state index in [1.54, 1.807) is 0 Å². The third-order valence-electron chi connectivity index (χ3n) is 3.69. The zero-order valence-corrected chi connectivity index (χ0v) is 14.5. The fraction of sp³-hybridized carbons (Fsp3) is 0.500. The summed E-state index contributed by atoms with van der Waals surface area (Å²) in [6.45, 7) is 7.49. The number of Topliss-reactive ketones (excluding diaryl/α,β-unsaturated/α-hetero) is 1. The Morgan fingerprint density at radius 2 is 1.95 bits per heavy atom. The second kappa shape index (κ2) is 9.38. The maximum absolute atomic E-state index is 11.6. The number of rotatable bonds is 7. The molecule has 0 atom stereocenters. The molecule has 0 radical (unpaired) electrons. The smallest absolute Gasteiger partial charge is 0.134 e. The zero-order valence-electron chi connectivity index (χ0n) is 14.5. The summed E-state index contributed by atoms with van der Waals surface area (Å²) in [5.74, 6) is 0.315. The Kier molecular flexibility index (Phi) is 7.85. The number of ketones is 1. The fourth-order valence-corrected chi connectivity index (χ4v) is 2.40. The van der Waals surface area contributed by atoms with Crippen LogP contribution in [0.5, 0.6) is 0 Å². The number of para-hydroxylation sites is 1. The molecule has 0 spiro atoms. The van der Waals surface area contributed by atoms with Gasteiger partial charge in [0, 0.05) is 37.6 Å². The summed E-state index contributed by atoms with van der Waals surface area (Å²) in [4.78, 5) is 11.6. The first-order valence-electron chi connectivity index (χ1n) is 8.13. The monoisotopic (exact) mass is 303 g/mol. The van der Waals surface area contributed by atoms with Crippen molar-refractivity contribution < 1.29 is 4.79 Å². The van der Waals surface area contributed by atoms with E-state index in [2.05, 4.69) is 34.3 Å². The predicted octanol–water partition coefficient (Wildman–Crippen LogP) is 3.60. The van der Waals surface area contributed by atoms with E-state index in [0.29, 0.717) is 18.6 Å². The molecule has 22 heavy (non-hydrogen) atoms. The Balaban J connectivity index is 0.00000116. The highest BCUT2D eigenvalue weighted by atomic mass is 16.1. The number of carbonyl (C=O) groups is 1. The molecule has 122 valence electrons. The van der Waals surface area contributed by atoms with E-state index in [4.69, 9.17) is 0 Å². The lowest BCUT2D eigenvalue weighted by Crippen LogP contribution is -2.31. The van der Waals surface area contributed by atoms with Gasteiger partial charge in [0.1, 0.15) is 5.78 Å². The molecule has 0 aliphatic rings. The molecule has 2 rings (SSSR count). The lowest BCUT2D eigenvalue weighted by Gasteiger charge is -2.17. The van der Waals surface area contributed by atoms with Gasteiger partial charge in [-0.1, -0.05) is 39.0 Å². The van der Waals surface area contributed by atoms with Crippen molar-refractivity contribution in [3.8, 4) is 0 Å². The number of aryl methyl sites for hydroxylation is 1. The van der Waals surface area contributed by atoms with Crippen LogP contribution in [0.2, 0.25) is 0 Å². The Labute approximate surface area is 134 Å². The van der Waals surface area contributed by atoms with Gasteiger partial charge in [-0.3, -0.25) is 10.2 Å². The molecule has 0 bridgehead atoms. The number of hydrogen-bond acceptors (Lipinski definition) is 3. The van der Waals surface area contributed by atoms with E-state index in [1.807, 2.05) is 45.9 Å². The number of carbonyl (C=O) groups excluding carboxylic acids is 1. The van der Waals surface area contributed by atoms with Crippen LogP contribution in [0.1, 0.15) is 39.3 Å². The average molecular weight is 303 g/mol. The summed E-state index contributed by atoms with van der Waals surface area (Å²) < 4.78 is 2.26. The molecule has 1 heterocycles. The molecule has 0 amide bonds. The summed E-state index contributed by atoms with van der Waals surface area (Å²) >= 11 is 0. The molecule has 4 heteroatoms. The molecule has 0 fully saturated rings. The highest BCUT2D eigenvalue weighted by Gasteiger charge is 2.11. The molecule has 1 aromatic heterocycles. The van der Waals surface area contributed by atoms with Gasteiger partial charge >= 0.3 is 0 Å². The summed E-state index contributed by atoms with van der Waals surface area (Å²) in [7, 11) is 3.92. The third-order valence-corrected chi connectivity index (χ3v) is 3.69. The van der Waals surface area contributed by atoms with Crippen LogP contribution in [-0.2, 0) is 17.9 Å². The van der Waals surface area contributed by atoms with Gasteiger partial charge in [0.2, 0.25) is 0 Å². The molecule has 0 saturated heterocycles. The van der Waals surface area contributed by atoms with Gasteiger partial charge in [0.25, 0.3) is 0 Å².